The predicted molar refractivity (Wildman–Crippen MR) is 65.0 cm³/mol. The third-order valence-corrected chi connectivity index (χ3v) is 2.27. The van der Waals surface area contributed by atoms with Crippen LogP contribution in [0.4, 0.5) is 0 Å². The van der Waals surface area contributed by atoms with Crippen molar-refractivity contribution in [2.75, 3.05) is 13.1 Å². The second kappa shape index (κ2) is 6.20. The fourth-order valence-electron chi connectivity index (χ4n) is 1.58. The van der Waals surface area contributed by atoms with Crippen LogP contribution < -0.4 is 5.73 Å². The van der Waals surface area contributed by atoms with Crippen molar-refractivity contribution >= 4 is 11.9 Å². The number of nitrogens with zero attached hydrogens (tertiary/aromatic N) is 1. The summed E-state index contributed by atoms with van der Waals surface area (Å²) in [4.78, 5) is 24.1. The van der Waals surface area contributed by atoms with Gasteiger partial charge < -0.3 is 20.2 Å². The second-order valence-corrected chi connectivity index (χ2v) is 4.44. The van der Waals surface area contributed by atoms with Crippen LogP contribution in [0, 0.1) is 5.92 Å². The quantitative estimate of drug-likeness (QED) is 0.786. The molecular formula is C12H18N2O4. The van der Waals surface area contributed by atoms with Crippen molar-refractivity contribution in [1.29, 1.82) is 0 Å². The van der Waals surface area contributed by atoms with Gasteiger partial charge in [-0.05, 0) is 18.1 Å². The van der Waals surface area contributed by atoms with Crippen LogP contribution in [0.1, 0.15) is 30.2 Å². The summed E-state index contributed by atoms with van der Waals surface area (Å²) in [6.45, 7) is 4.06. The van der Waals surface area contributed by atoms with E-state index in [2.05, 4.69) is 0 Å². The first-order chi connectivity index (χ1) is 8.43. The monoisotopic (exact) mass is 254 g/mol. The highest BCUT2D eigenvalue weighted by Gasteiger charge is 2.22. The molecule has 0 unspecified atom stereocenters. The molecule has 18 heavy (non-hydrogen) atoms. The van der Waals surface area contributed by atoms with Gasteiger partial charge >= 0.3 is 5.97 Å². The molecule has 100 valence electrons. The van der Waals surface area contributed by atoms with Gasteiger partial charge in [0.2, 0.25) is 0 Å². The number of nitrogens with two attached hydrogens (primary N) is 1. The first-order valence-corrected chi connectivity index (χ1v) is 5.74. The average Bonchev–Trinajstić information content (AvgIpc) is 2.74. The van der Waals surface area contributed by atoms with Crippen LogP contribution in [0.5, 0.6) is 0 Å². The lowest BCUT2D eigenvalue weighted by Crippen LogP contribution is -2.38. The maximum Gasteiger partial charge on any atom is 0.323 e. The highest BCUT2D eigenvalue weighted by molar-refractivity contribution is 5.93. The molecule has 1 aromatic rings. The van der Waals surface area contributed by atoms with E-state index in [4.69, 9.17) is 15.3 Å². The average molecular weight is 254 g/mol. The van der Waals surface area contributed by atoms with Gasteiger partial charge in [0.05, 0.1) is 6.54 Å². The maximum atomic E-state index is 12.1. The van der Waals surface area contributed by atoms with E-state index in [-0.39, 0.29) is 24.8 Å². The van der Waals surface area contributed by atoms with E-state index >= 15 is 0 Å². The number of hydrogen-bond donors (Lipinski definition) is 2. The standard InChI is InChI=1S/C12H18N2O4/c1-8(2)6-14(7-11(15)16)12(17)10-4-3-9(5-13)18-10/h3-4,8H,5-7,13H2,1-2H3,(H,15,16). The molecule has 0 bridgehead atoms. The molecule has 0 saturated heterocycles. The minimum absolute atomic E-state index is 0.123. The van der Waals surface area contributed by atoms with Crippen molar-refractivity contribution in [2.24, 2.45) is 11.7 Å². The Morgan fingerprint density at radius 3 is 2.56 bits per heavy atom. The van der Waals surface area contributed by atoms with E-state index in [1.165, 1.54) is 11.0 Å². The molecule has 3 N–H and O–H groups in total. The molecule has 0 aliphatic carbocycles. The molecule has 1 amide bonds. The van der Waals surface area contributed by atoms with Crippen LogP contribution in [0.2, 0.25) is 0 Å². The van der Waals surface area contributed by atoms with E-state index in [0.717, 1.165) is 0 Å². The van der Waals surface area contributed by atoms with E-state index < -0.39 is 11.9 Å². The van der Waals surface area contributed by atoms with E-state index in [0.29, 0.717) is 12.3 Å². The molecule has 0 aromatic carbocycles. The second-order valence-electron chi connectivity index (χ2n) is 4.44. The summed E-state index contributed by atoms with van der Waals surface area (Å²) in [6, 6.07) is 3.13. The normalized spacial score (nSPS) is 10.7. The number of hydrogen-bond acceptors (Lipinski definition) is 4. The zero-order chi connectivity index (χ0) is 13.7. The Morgan fingerprint density at radius 1 is 1.44 bits per heavy atom. The van der Waals surface area contributed by atoms with E-state index in [1.807, 2.05) is 13.8 Å². The summed E-state index contributed by atoms with van der Waals surface area (Å²) in [5.41, 5.74) is 5.39. The lowest BCUT2D eigenvalue weighted by molar-refractivity contribution is -0.137. The third kappa shape index (κ3) is 3.89. The SMILES string of the molecule is CC(C)CN(CC(=O)O)C(=O)c1ccc(CN)o1. The first kappa shape index (κ1) is 14.2. The zero-order valence-corrected chi connectivity index (χ0v) is 10.5. The first-order valence-electron chi connectivity index (χ1n) is 5.74. The summed E-state index contributed by atoms with van der Waals surface area (Å²) in [5, 5.41) is 8.80. The van der Waals surface area contributed by atoms with E-state index in [9.17, 15) is 9.59 Å². The topological polar surface area (TPSA) is 96.8 Å². The largest absolute Gasteiger partial charge is 0.480 e. The Bertz CT molecular complexity index is 425. The number of carboxylic acids is 1. The smallest absolute Gasteiger partial charge is 0.323 e. The lowest BCUT2D eigenvalue weighted by Gasteiger charge is -2.21. The number of carbonyl (C=O) groups is 2. The molecule has 1 heterocycles. The molecule has 0 aliphatic heterocycles. The van der Waals surface area contributed by atoms with Crippen LogP contribution >= 0.6 is 0 Å². The summed E-state index contributed by atoms with van der Waals surface area (Å²) in [5.74, 6) is -0.673. The summed E-state index contributed by atoms with van der Waals surface area (Å²) in [6.07, 6.45) is 0. The molecule has 0 aliphatic rings. The van der Waals surface area contributed by atoms with Gasteiger partial charge in [0.15, 0.2) is 5.76 Å². The number of amides is 1. The molecule has 6 heteroatoms. The summed E-state index contributed by atoms with van der Waals surface area (Å²) in [7, 11) is 0. The van der Waals surface area contributed by atoms with Crippen molar-refractivity contribution in [2.45, 2.75) is 20.4 Å². The fraction of sp³-hybridized carbons (Fsp3) is 0.500. The third-order valence-electron chi connectivity index (χ3n) is 2.27. The molecule has 0 radical (unpaired) electrons. The number of rotatable bonds is 6. The van der Waals surface area contributed by atoms with Crippen LogP contribution in [0.3, 0.4) is 0 Å². The van der Waals surface area contributed by atoms with Crippen LogP contribution in [-0.2, 0) is 11.3 Å². The maximum absolute atomic E-state index is 12.1. The van der Waals surface area contributed by atoms with Crippen molar-refractivity contribution in [1.82, 2.24) is 4.90 Å². The van der Waals surface area contributed by atoms with Crippen LogP contribution in [0.15, 0.2) is 16.5 Å². The number of carbonyl (C=O) groups excluding carboxylic acids is 1. The lowest BCUT2D eigenvalue weighted by atomic mass is 10.2. The highest BCUT2D eigenvalue weighted by atomic mass is 16.4. The summed E-state index contributed by atoms with van der Waals surface area (Å²) < 4.78 is 5.23. The van der Waals surface area contributed by atoms with Gasteiger partial charge in [-0.15, -0.1) is 0 Å². The molecular weight excluding hydrogens is 236 g/mol. The minimum Gasteiger partial charge on any atom is -0.480 e. The van der Waals surface area contributed by atoms with Crippen molar-refractivity contribution in [3.8, 4) is 0 Å². The van der Waals surface area contributed by atoms with E-state index in [1.54, 1.807) is 6.07 Å². The molecule has 0 atom stereocenters. The van der Waals surface area contributed by atoms with Gasteiger partial charge in [0.1, 0.15) is 12.3 Å². The van der Waals surface area contributed by atoms with Crippen molar-refractivity contribution in [3.63, 3.8) is 0 Å². The Balaban J connectivity index is 2.83. The molecule has 1 rings (SSSR count). The predicted octanol–water partition coefficient (Wildman–Crippen LogP) is 0.921. The fourth-order valence-corrected chi connectivity index (χ4v) is 1.58. The number of carboxylic acid groups (broad SMARTS) is 1. The van der Waals surface area contributed by atoms with Gasteiger partial charge in [-0.2, -0.15) is 0 Å². The van der Waals surface area contributed by atoms with Gasteiger partial charge in [-0.1, -0.05) is 13.8 Å². The molecule has 0 fully saturated rings. The van der Waals surface area contributed by atoms with Crippen LogP contribution in [-0.4, -0.2) is 35.0 Å². The van der Waals surface area contributed by atoms with Crippen molar-refractivity contribution < 1.29 is 19.1 Å². The van der Waals surface area contributed by atoms with Gasteiger partial charge in [0, 0.05) is 6.54 Å². The van der Waals surface area contributed by atoms with Gasteiger partial charge in [0.25, 0.3) is 5.91 Å². The van der Waals surface area contributed by atoms with Crippen LogP contribution in [0.25, 0.3) is 0 Å². The number of furan rings is 1. The number of aliphatic carboxylic acids is 1. The van der Waals surface area contributed by atoms with Crippen molar-refractivity contribution in [3.05, 3.63) is 23.7 Å². The van der Waals surface area contributed by atoms with Gasteiger partial charge in [-0.25, -0.2) is 0 Å². The zero-order valence-electron chi connectivity index (χ0n) is 10.5. The molecule has 1 aromatic heterocycles. The van der Waals surface area contributed by atoms with Gasteiger partial charge in [-0.3, -0.25) is 9.59 Å². The Labute approximate surface area is 105 Å². The molecule has 0 spiro atoms. The molecule has 6 nitrogen and oxygen atoms in total. The minimum atomic E-state index is -1.05. The Hall–Kier alpha value is -1.82. The Kier molecular flexibility index (Phi) is 4.91. The summed E-state index contributed by atoms with van der Waals surface area (Å²) >= 11 is 0. The Morgan fingerprint density at radius 2 is 2.11 bits per heavy atom. The molecule has 0 saturated carbocycles. The highest BCUT2D eigenvalue weighted by Crippen LogP contribution is 2.11.